The van der Waals surface area contributed by atoms with Gasteiger partial charge >= 0.3 is 0 Å². The van der Waals surface area contributed by atoms with Crippen molar-refractivity contribution < 1.29 is 9.66 Å². The van der Waals surface area contributed by atoms with Gasteiger partial charge in [-0.2, -0.15) is 0 Å². The van der Waals surface area contributed by atoms with Gasteiger partial charge in [-0.25, -0.2) is 0 Å². The van der Waals surface area contributed by atoms with Crippen LogP contribution in [-0.4, -0.2) is 24.1 Å². The van der Waals surface area contributed by atoms with Crippen molar-refractivity contribution in [1.29, 1.82) is 0 Å². The molecule has 3 N–H and O–H groups in total. The van der Waals surface area contributed by atoms with E-state index in [1.807, 2.05) is 0 Å². The van der Waals surface area contributed by atoms with E-state index in [9.17, 15) is 10.1 Å². The minimum atomic E-state index is -0.495. The Morgan fingerprint density at radius 3 is 2.53 bits per heavy atom. The van der Waals surface area contributed by atoms with Crippen LogP contribution in [0.4, 0.5) is 11.4 Å². The molecule has 108 valence electrons. The number of nitrogen functional groups attached to an aromatic ring is 1. The predicted molar refractivity (Wildman–Crippen MR) is 78.5 cm³/mol. The molecule has 1 aromatic rings. The van der Waals surface area contributed by atoms with Crippen molar-refractivity contribution in [2.75, 3.05) is 18.8 Å². The zero-order chi connectivity index (χ0) is 12.3. The summed E-state index contributed by atoms with van der Waals surface area (Å²) >= 11 is 0. The Labute approximate surface area is 123 Å². The van der Waals surface area contributed by atoms with E-state index < -0.39 is 4.92 Å². The highest BCUT2D eigenvalue weighted by Crippen LogP contribution is 2.27. The number of hydrogen-bond acceptors (Lipinski definition) is 5. The molecule has 0 atom stereocenters. The summed E-state index contributed by atoms with van der Waals surface area (Å²) in [4.78, 5) is 10.2. The number of piperidine rings is 1. The first kappa shape index (κ1) is 17.8. The van der Waals surface area contributed by atoms with E-state index in [-0.39, 0.29) is 42.3 Å². The summed E-state index contributed by atoms with van der Waals surface area (Å²) in [6, 6.07) is 4.57. The number of ether oxygens (including phenoxy) is 1. The molecule has 0 bridgehead atoms. The van der Waals surface area contributed by atoms with Gasteiger partial charge in [-0.3, -0.25) is 10.1 Å². The van der Waals surface area contributed by atoms with Crippen LogP contribution in [-0.2, 0) is 0 Å². The molecule has 0 aliphatic carbocycles. The van der Waals surface area contributed by atoms with Gasteiger partial charge in [0, 0.05) is 0 Å². The molecule has 0 saturated carbocycles. The lowest BCUT2D eigenvalue weighted by Gasteiger charge is -2.23. The van der Waals surface area contributed by atoms with Crippen molar-refractivity contribution >= 4 is 36.2 Å². The quantitative estimate of drug-likeness (QED) is 0.507. The Kier molecular flexibility index (Phi) is 7.51. The molecule has 1 saturated heterocycles. The monoisotopic (exact) mass is 309 g/mol. The zero-order valence-corrected chi connectivity index (χ0v) is 11.8. The molecule has 0 amide bonds. The summed E-state index contributed by atoms with van der Waals surface area (Å²) in [5.74, 6) is 0.512. The fourth-order valence-corrected chi connectivity index (χ4v) is 1.86. The Morgan fingerprint density at radius 2 is 1.95 bits per heavy atom. The third kappa shape index (κ3) is 4.74. The van der Waals surface area contributed by atoms with E-state index in [0.29, 0.717) is 5.75 Å². The van der Waals surface area contributed by atoms with Crippen molar-refractivity contribution in [3.63, 3.8) is 0 Å². The summed E-state index contributed by atoms with van der Waals surface area (Å²) in [5, 5.41) is 14.0. The van der Waals surface area contributed by atoms with Crippen molar-refractivity contribution in [2.45, 2.75) is 18.9 Å². The Hall–Kier alpha value is -1.24. The predicted octanol–water partition coefficient (Wildman–Crippen LogP) is 2.15. The maximum atomic E-state index is 10.7. The normalized spacial score (nSPS) is 14.9. The van der Waals surface area contributed by atoms with Crippen LogP contribution in [0.25, 0.3) is 0 Å². The molecule has 0 unspecified atom stereocenters. The topological polar surface area (TPSA) is 90.4 Å². The summed E-state index contributed by atoms with van der Waals surface area (Å²) in [7, 11) is 0. The third-order valence-electron chi connectivity index (χ3n) is 2.79. The Balaban J connectivity index is 0.00000162. The Bertz CT molecular complexity index is 426. The largest absolute Gasteiger partial charge is 0.490 e. The number of halogens is 2. The van der Waals surface area contributed by atoms with Gasteiger partial charge in [-0.1, -0.05) is 0 Å². The summed E-state index contributed by atoms with van der Waals surface area (Å²) < 4.78 is 5.70. The molecule has 6 nitrogen and oxygen atoms in total. The van der Waals surface area contributed by atoms with Gasteiger partial charge in [0.05, 0.1) is 11.0 Å². The van der Waals surface area contributed by atoms with Crippen molar-refractivity contribution in [2.24, 2.45) is 0 Å². The smallest absolute Gasteiger partial charge is 0.295 e. The van der Waals surface area contributed by atoms with E-state index in [1.54, 1.807) is 6.07 Å². The molecule has 1 heterocycles. The van der Waals surface area contributed by atoms with E-state index in [4.69, 9.17) is 10.5 Å². The first-order valence-electron chi connectivity index (χ1n) is 5.58. The second-order valence-electron chi connectivity index (χ2n) is 4.04. The highest BCUT2D eigenvalue weighted by molar-refractivity contribution is 5.85. The third-order valence-corrected chi connectivity index (χ3v) is 2.79. The van der Waals surface area contributed by atoms with Crippen LogP contribution >= 0.6 is 24.8 Å². The highest BCUT2D eigenvalue weighted by Gasteiger charge is 2.17. The molecule has 0 spiro atoms. The summed E-state index contributed by atoms with van der Waals surface area (Å²) in [6.45, 7) is 1.84. The van der Waals surface area contributed by atoms with Crippen LogP contribution in [0.3, 0.4) is 0 Å². The molecule has 0 aromatic heterocycles. The molecular formula is C11H17Cl2N3O3. The second-order valence-corrected chi connectivity index (χ2v) is 4.04. The number of benzene rings is 1. The molecule has 8 heteroatoms. The number of nitro groups is 1. The minimum absolute atomic E-state index is 0. The van der Waals surface area contributed by atoms with Crippen LogP contribution in [0, 0.1) is 10.1 Å². The Morgan fingerprint density at radius 1 is 1.32 bits per heavy atom. The fourth-order valence-electron chi connectivity index (χ4n) is 1.86. The maximum absolute atomic E-state index is 10.7. The maximum Gasteiger partial charge on any atom is 0.295 e. The second kappa shape index (κ2) is 8.04. The van der Waals surface area contributed by atoms with Crippen LogP contribution < -0.4 is 15.8 Å². The average molecular weight is 310 g/mol. The van der Waals surface area contributed by atoms with Gasteiger partial charge < -0.3 is 15.8 Å². The lowest BCUT2D eigenvalue weighted by atomic mass is 10.1. The molecule has 1 fully saturated rings. The summed E-state index contributed by atoms with van der Waals surface area (Å²) in [5.41, 5.74) is 5.58. The van der Waals surface area contributed by atoms with E-state index in [0.717, 1.165) is 25.9 Å². The number of hydrogen-bond donors (Lipinski definition) is 2. The van der Waals surface area contributed by atoms with Gasteiger partial charge in [0.2, 0.25) is 0 Å². The molecule has 1 aliphatic heterocycles. The van der Waals surface area contributed by atoms with E-state index >= 15 is 0 Å². The number of rotatable bonds is 3. The standard InChI is InChI=1S/C11H15N3O3.2ClH/c12-10-2-1-9(7-11(10)14(15)16)17-8-3-5-13-6-4-8;;/h1-2,7-8,13H,3-6,12H2;2*1H. The van der Waals surface area contributed by atoms with Gasteiger partial charge in [0.15, 0.2) is 0 Å². The van der Waals surface area contributed by atoms with Crippen LogP contribution in [0.5, 0.6) is 5.75 Å². The molecule has 1 aliphatic rings. The van der Waals surface area contributed by atoms with E-state index in [2.05, 4.69) is 5.32 Å². The average Bonchev–Trinajstić information content (AvgIpc) is 2.32. The van der Waals surface area contributed by atoms with Gasteiger partial charge in [-0.05, 0) is 38.1 Å². The van der Waals surface area contributed by atoms with Crippen LogP contribution in [0.15, 0.2) is 18.2 Å². The first-order valence-corrected chi connectivity index (χ1v) is 5.58. The minimum Gasteiger partial charge on any atom is -0.490 e. The molecule has 2 rings (SSSR count). The van der Waals surface area contributed by atoms with Gasteiger partial charge in [-0.15, -0.1) is 24.8 Å². The van der Waals surface area contributed by atoms with Crippen molar-refractivity contribution in [3.8, 4) is 5.75 Å². The SMILES string of the molecule is Cl.Cl.Nc1ccc(OC2CCNCC2)cc1[N+](=O)[O-]. The molecule has 1 aromatic carbocycles. The number of anilines is 1. The molecule has 0 radical (unpaired) electrons. The number of nitrogens with zero attached hydrogens (tertiary/aromatic N) is 1. The van der Waals surface area contributed by atoms with Gasteiger partial charge in [0.1, 0.15) is 17.5 Å². The van der Waals surface area contributed by atoms with Crippen molar-refractivity contribution in [3.05, 3.63) is 28.3 Å². The molecule has 19 heavy (non-hydrogen) atoms. The lowest BCUT2D eigenvalue weighted by Crippen LogP contribution is -2.34. The summed E-state index contributed by atoms with van der Waals surface area (Å²) in [6.07, 6.45) is 1.95. The number of nitro benzene ring substituents is 1. The van der Waals surface area contributed by atoms with Crippen LogP contribution in [0.2, 0.25) is 0 Å². The zero-order valence-electron chi connectivity index (χ0n) is 10.2. The van der Waals surface area contributed by atoms with Gasteiger partial charge in [0.25, 0.3) is 5.69 Å². The lowest BCUT2D eigenvalue weighted by molar-refractivity contribution is -0.384. The molecular weight excluding hydrogens is 293 g/mol. The fraction of sp³-hybridized carbons (Fsp3) is 0.455. The highest BCUT2D eigenvalue weighted by atomic mass is 35.5. The van der Waals surface area contributed by atoms with E-state index in [1.165, 1.54) is 12.1 Å². The van der Waals surface area contributed by atoms with Crippen molar-refractivity contribution in [1.82, 2.24) is 5.32 Å². The first-order chi connectivity index (χ1) is 8.16. The number of nitrogens with two attached hydrogens (primary N) is 1. The number of nitrogens with one attached hydrogen (secondary N) is 1. The van der Waals surface area contributed by atoms with Crippen LogP contribution in [0.1, 0.15) is 12.8 Å².